The molecular formula is C25H38N4O4S2. The van der Waals surface area contributed by atoms with Crippen molar-refractivity contribution in [2.75, 3.05) is 19.4 Å². The molecule has 0 saturated carbocycles. The van der Waals surface area contributed by atoms with Gasteiger partial charge >= 0.3 is 5.97 Å². The molecule has 2 heterocycles. The van der Waals surface area contributed by atoms with Gasteiger partial charge in [-0.1, -0.05) is 65.6 Å². The van der Waals surface area contributed by atoms with Gasteiger partial charge in [0.15, 0.2) is 0 Å². The monoisotopic (exact) mass is 522 g/mol. The number of unbranched alkanes of at least 4 members (excludes halogenated alkanes) is 1. The van der Waals surface area contributed by atoms with Crippen LogP contribution in [0.1, 0.15) is 51.2 Å². The molecule has 0 unspecified atom stereocenters. The lowest BCUT2D eigenvalue weighted by atomic mass is 9.91. The number of carbonyl (C=O) groups excluding carboxylic acids is 3. The first kappa shape index (κ1) is 27.8. The lowest BCUT2D eigenvalue weighted by Crippen LogP contribution is -2.63. The second-order valence-electron chi connectivity index (χ2n) is 9.75. The summed E-state index contributed by atoms with van der Waals surface area (Å²) in [6, 6.07) is 5.86. The Kier molecular flexibility index (Phi) is 9.92. The molecule has 1 saturated heterocycles. The molecule has 0 aromatic heterocycles. The van der Waals surface area contributed by atoms with E-state index >= 15 is 0 Å². The van der Waals surface area contributed by atoms with Gasteiger partial charge in [0.1, 0.15) is 18.1 Å². The van der Waals surface area contributed by atoms with Crippen LogP contribution in [0.2, 0.25) is 0 Å². The maximum atomic E-state index is 14.0. The molecule has 8 nitrogen and oxygen atoms in total. The van der Waals surface area contributed by atoms with Gasteiger partial charge in [0, 0.05) is 36.1 Å². The van der Waals surface area contributed by atoms with E-state index in [1.807, 2.05) is 45.0 Å². The first-order valence-corrected chi connectivity index (χ1v) is 14.5. The van der Waals surface area contributed by atoms with Crippen LogP contribution in [0.4, 0.5) is 0 Å². The highest BCUT2D eigenvalue weighted by Gasteiger charge is 2.44. The fourth-order valence-electron chi connectivity index (χ4n) is 4.50. The van der Waals surface area contributed by atoms with Crippen LogP contribution in [0.5, 0.6) is 0 Å². The lowest BCUT2D eigenvalue weighted by molar-refractivity contribution is -0.148. The summed E-state index contributed by atoms with van der Waals surface area (Å²) < 4.78 is 4.52. The minimum Gasteiger partial charge on any atom is -0.467 e. The van der Waals surface area contributed by atoms with Gasteiger partial charge in [-0.2, -0.15) is 0 Å². The number of carbonyl (C=O) groups is 3. The molecule has 3 rings (SSSR count). The van der Waals surface area contributed by atoms with Gasteiger partial charge in [-0.25, -0.2) is 4.79 Å². The van der Waals surface area contributed by atoms with Crippen molar-refractivity contribution in [2.24, 2.45) is 5.73 Å². The number of amides is 2. The molecular weight excluding hydrogens is 484 g/mol. The molecule has 2 aliphatic heterocycles. The van der Waals surface area contributed by atoms with Crippen LogP contribution >= 0.6 is 21.6 Å². The van der Waals surface area contributed by atoms with E-state index in [1.165, 1.54) is 7.11 Å². The van der Waals surface area contributed by atoms with E-state index in [1.54, 1.807) is 26.5 Å². The number of hydrogen-bond acceptors (Lipinski definition) is 8. The van der Waals surface area contributed by atoms with Crippen molar-refractivity contribution < 1.29 is 19.1 Å². The maximum Gasteiger partial charge on any atom is 0.328 e. The first-order valence-electron chi connectivity index (χ1n) is 12.2. The third kappa shape index (κ3) is 6.93. The minimum atomic E-state index is -0.734. The quantitative estimate of drug-likeness (QED) is 0.369. The zero-order valence-electron chi connectivity index (χ0n) is 21.0. The second-order valence-corrected chi connectivity index (χ2v) is 12.7. The summed E-state index contributed by atoms with van der Waals surface area (Å²) in [5, 5.41) is 6.27. The second kappa shape index (κ2) is 12.5. The SMILES string of the molecule is CCCC[C@H](NC(=O)[C@@H]1Cc2ccccc2CN1C(=O)[C@H]1NC[C@@H](N)CSSC1(C)C)C(=O)OC. The molecule has 4 N–H and O–H groups in total. The van der Waals surface area contributed by atoms with Crippen LogP contribution < -0.4 is 16.4 Å². The summed E-state index contributed by atoms with van der Waals surface area (Å²) in [4.78, 5) is 41.6. The van der Waals surface area contributed by atoms with E-state index in [4.69, 9.17) is 10.5 Å². The van der Waals surface area contributed by atoms with Crippen molar-refractivity contribution in [3.63, 3.8) is 0 Å². The van der Waals surface area contributed by atoms with Gasteiger partial charge in [-0.3, -0.25) is 9.59 Å². The molecule has 194 valence electrons. The summed E-state index contributed by atoms with van der Waals surface area (Å²) in [5.74, 6) is -0.126. The molecule has 0 aliphatic carbocycles. The molecule has 1 aromatic rings. The summed E-state index contributed by atoms with van der Waals surface area (Å²) in [6.45, 7) is 6.98. The first-order chi connectivity index (χ1) is 16.7. The highest BCUT2D eigenvalue weighted by Crippen LogP contribution is 2.40. The van der Waals surface area contributed by atoms with Gasteiger partial charge in [0.05, 0.1) is 7.11 Å². The van der Waals surface area contributed by atoms with Crippen LogP contribution in [-0.4, -0.2) is 71.0 Å². The van der Waals surface area contributed by atoms with Crippen molar-refractivity contribution in [3.05, 3.63) is 35.4 Å². The third-order valence-corrected chi connectivity index (χ3v) is 9.96. The molecule has 35 heavy (non-hydrogen) atoms. The fraction of sp³-hybridized carbons (Fsp3) is 0.640. The fourth-order valence-corrected chi connectivity index (χ4v) is 7.38. The van der Waals surface area contributed by atoms with E-state index < -0.39 is 28.8 Å². The highest BCUT2D eigenvalue weighted by atomic mass is 33.1. The third-order valence-electron chi connectivity index (χ3n) is 6.56. The Labute approximate surface area is 216 Å². The van der Waals surface area contributed by atoms with Crippen LogP contribution in [0.15, 0.2) is 24.3 Å². The smallest absolute Gasteiger partial charge is 0.328 e. The molecule has 1 aromatic carbocycles. The molecule has 2 aliphatic rings. The number of rotatable bonds is 7. The summed E-state index contributed by atoms with van der Waals surface area (Å²) >= 11 is 0. The summed E-state index contributed by atoms with van der Waals surface area (Å²) in [5.41, 5.74) is 8.25. The van der Waals surface area contributed by atoms with Gasteiger partial charge in [-0.05, 0) is 31.4 Å². The number of hydrogen-bond donors (Lipinski definition) is 3. The van der Waals surface area contributed by atoms with Crippen LogP contribution in [0.3, 0.4) is 0 Å². The number of ether oxygens (including phenoxy) is 1. The van der Waals surface area contributed by atoms with E-state index in [9.17, 15) is 14.4 Å². The van der Waals surface area contributed by atoms with E-state index in [0.29, 0.717) is 25.9 Å². The molecule has 0 radical (unpaired) electrons. The van der Waals surface area contributed by atoms with Crippen LogP contribution in [-0.2, 0) is 32.1 Å². The van der Waals surface area contributed by atoms with Crippen molar-refractivity contribution in [3.8, 4) is 0 Å². The van der Waals surface area contributed by atoms with Crippen molar-refractivity contribution in [2.45, 2.75) is 81.9 Å². The summed E-state index contributed by atoms with van der Waals surface area (Å²) in [6.07, 6.45) is 2.57. The van der Waals surface area contributed by atoms with Crippen molar-refractivity contribution >= 4 is 39.4 Å². The van der Waals surface area contributed by atoms with Gasteiger partial charge in [0.25, 0.3) is 0 Å². The minimum absolute atomic E-state index is 0.0561. The predicted octanol–water partition coefficient (Wildman–Crippen LogP) is 2.25. The molecule has 2 amide bonds. The standard InChI is InChI=1S/C25H38N4O4S2/c1-5-6-11-19(24(32)33-4)28-22(30)20-12-16-9-7-8-10-17(16)14-29(20)23(31)21-25(2,3)35-34-15-18(26)13-27-21/h7-10,18-21,27H,5-6,11-15,26H2,1-4H3,(H,28,30)/t18-,19+,20+,21-/m1/s1. The number of esters is 1. The average Bonchev–Trinajstić information content (AvgIpc) is 2.83. The van der Waals surface area contributed by atoms with E-state index in [0.717, 1.165) is 29.7 Å². The number of methoxy groups -OCH3 is 1. The van der Waals surface area contributed by atoms with Gasteiger partial charge < -0.3 is 26.0 Å². The Bertz CT molecular complexity index is 913. The summed E-state index contributed by atoms with van der Waals surface area (Å²) in [7, 11) is 4.65. The Balaban J connectivity index is 1.89. The Hall–Kier alpha value is -1.75. The number of benzene rings is 1. The molecule has 0 spiro atoms. The average molecular weight is 523 g/mol. The van der Waals surface area contributed by atoms with Crippen LogP contribution in [0.25, 0.3) is 0 Å². The topological polar surface area (TPSA) is 114 Å². The molecule has 0 bridgehead atoms. The molecule has 1 fully saturated rings. The van der Waals surface area contributed by atoms with Gasteiger partial charge in [-0.15, -0.1) is 0 Å². The van der Waals surface area contributed by atoms with E-state index in [2.05, 4.69) is 10.6 Å². The Morgan fingerprint density at radius 2 is 2.00 bits per heavy atom. The maximum absolute atomic E-state index is 14.0. The molecule has 4 atom stereocenters. The Morgan fingerprint density at radius 1 is 1.29 bits per heavy atom. The zero-order valence-corrected chi connectivity index (χ0v) is 22.7. The normalized spacial score (nSPS) is 24.9. The number of nitrogens with one attached hydrogen (secondary N) is 2. The van der Waals surface area contributed by atoms with E-state index in [-0.39, 0.29) is 17.9 Å². The van der Waals surface area contributed by atoms with Crippen molar-refractivity contribution in [1.82, 2.24) is 15.5 Å². The molecule has 10 heteroatoms. The van der Waals surface area contributed by atoms with Crippen molar-refractivity contribution in [1.29, 1.82) is 0 Å². The Morgan fingerprint density at radius 3 is 2.69 bits per heavy atom. The number of nitrogens with two attached hydrogens (primary N) is 1. The van der Waals surface area contributed by atoms with Gasteiger partial charge in [0.2, 0.25) is 11.8 Å². The zero-order chi connectivity index (χ0) is 25.6. The predicted molar refractivity (Wildman–Crippen MR) is 142 cm³/mol. The lowest BCUT2D eigenvalue weighted by Gasteiger charge is -2.42. The number of fused-ring (bicyclic) bond motifs is 1. The van der Waals surface area contributed by atoms with Crippen LogP contribution in [0, 0.1) is 0 Å². The number of nitrogens with zero attached hydrogens (tertiary/aromatic N) is 1. The highest BCUT2D eigenvalue weighted by molar-refractivity contribution is 8.77. The largest absolute Gasteiger partial charge is 0.467 e.